The van der Waals surface area contributed by atoms with E-state index in [1.165, 1.54) is 0 Å². The number of rotatable bonds is 4. The van der Waals surface area contributed by atoms with Crippen LogP contribution in [0.2, 0.25) is 0 Å². The lowest BCUT2D eigenvalue weighted by Gasteiger charge is -2.32. The average molecular weight is 311 g/mol. The Morgan fingerprint density at radius 3 is 2.30 bits per heavy atom. The van der Waals surface area contributed by atoms with Crippen molar-refractivity contribution in [2.24, 2.45) is 0 Å². The Morgan fingerprint density at radius 2 is 1.65 bits per heavy atom. The van der Waals surface area contributed by atoms with Gasteiger partial charge in [-0.2, -0.15) is 0 Å². The summed E-state index contributed by atoms with van der Waals surface area (Å²) >= 11 is 0. The van der Waals surface area contributed by atoms with E-state index in [1.807, 2.05) is 30.3 Å². The molecule has 1 aliphatic heterocycles. The van der Waals surface area contributed by atoms with Gasteiger partial charge < -0.3 is 14.0 Å². The molecule has 0 amide bonds. The van der Waals surface area contributed by atoms with Gasteiger partial charge in [0, 0.05) is 12.4 Å². The molecule has 0 aliphatic carbocycles. The molecular formula is C18H22BNO3. The maximum absolute atomic E-state index is 6.10. The Bertz CT molecular complexity index is 657. The van der Waals surface area contributed by atoms with E-state index < -0.39 is 0 Å². The van der Waals surface area contributed by atoms with Crippen LogP contribution in [0.5, 0.6) is 5.75 Å². The lowest BCUT2D eigenvalue weighted by molar-refractivity contribution is 0.00578. The Kier molecular flexibility index (Phi) is 4.17. The number of hydrogen-bond donors (Lipinski definition) is 0. The van der Waals surface area contributed by atoms with Gasteiger partial charge in [0.15, 0.2) is 0 Å². The van der Waals surface area contributed by atoms with Gasteiger partial charge in [-0.3, -0.25) is 4.98 Å². The van der Waals surface area contributed by atoms with Crippen LogP contribution in [-0.2, 0) is 15.9 Å². The zero-order chi connectivity index (χ0) is 16.5. The van der Waals surface area contributed by atoms with Crippen LogP contribution < -0.4 is 10.2 Å². The number of aromatic nitrogens is 1. The second kappa shape index (κ2) is 5.98. The molecule has 0 radical (unpaired) electrons. The first kappa shape index (κ1) is 16.0. The summed E-state index contributed by atoms with van der Waals surface area (Å²) in [6, 6.07) is 11.8. The normalized spacial score (nSPS) is 18.9. The zero-order valence-electron chi connectivity index (χ0n) is 14.1. The molecule has 0 atom stereocenters. The van der Waals surface area contributed by atoms with Crippen LogP contribution in [-0.4, -0.2) is 23.3 Å². The third-order valence-electron chi connectivity index (χ3n) is 4.53. The molecule has 0 unspecified atom stereocenters. The Morgan fingerprint density at radius 1 is 1.00 bits per heavy atom. The number of nitrogens with zero attached hydrogens (tertiary/aromatic N) is 1. The van der Waals surface area contributed by atoms with Crippen molar-refractivity contribution >= 4 is 12.6 Å². The fourth-order valence-electron chi connectivity index (χ4n) is 2.41. The molecule has 120 valence electrons. The van der Waals surface area contributed by atoms with Crippen LogP contribution in [0.3, 0.4) is 0 Å². The molecule has 3 rings (SSSR count). The van der Waals surface area contributed by atoms with Gasteiger partial charge in [-0.1, -0.05) is 24.3 Å². The van der Waals surface area contributed by atoms with Crippen molar-refractivity contribution in [1.29, 1.82) is 0 Å². The molecule has 0 bridgehead atoms. The standard InChI is InChI=1S/C18H22BNO3/c1-17(2)18(3,4)23-19(22-17)15-7-5-6-14(12-15)13-21-16-8-10-20-11-9-16/h5-12H,13H2,1-4H3. The van der Waals surface area contributed by atoms with E-state index >= 15 is 0 Å². The summed E-state index contributed by atoms with van der Waals surface area (Å²) in [4.78, 5) is 3.98. The van der Waals surface area contributed by atoms with E-state index in [1.54, 1.807) is 12.4 Å². The topological polar surface area (TPSA) is 40.6 Å². The maximum Gasteiger partial charge on any atom is 0.494 e. The van der Waals surface area contributed by atoms with E-state index in [9.17, 15) is 0 Å². The zero-order valence-corrected chi connectivity index (χ0v) is 14.1. The average Bonchev–Trinajstić information content (AvgIpc) is 2.75. The van der Waals surface area contributed by atoms with E-state index in [0.717, 1.165) is 16.8 Å². The highest BCUT2D eigenvalue weighted by atomic mass is 16.7. The van der Waals surface area contributed by atoms with Crippen LogP contribution in [0, 0.1) is 0 Å². The molecule has 2 aromatic rings. The van der Waals surface area contributed by atoms with Crippen molar-refractivity contribution in [3.63, 3.8) is 0 Å². The van der Waals surface area contributed by atoms with Crippen molar-refractivity contribution in [2.45, 2.75) is 45.5 Å². The van der Waals surface area contributed by atoms with Crippen molar-refractivity contribution in [2.75, 3.05) is 0 Å². The van der Waals surface area contributed by atoms with Gasteiger partial charge >= 0.3 is 7.12 Å². The first-order valence-corrected chi connectivity index (χ1v) is 7.85. The van der Waals surface area contributed by atoms with Gasteiger partial charge in [0.25, 0.3) is 0 Å². The van der Waals surface area contributed by atoms with Gasteiger partial charge in [0.2, 0.25) is 0 Å². The van der Waals surface area contributed by atoms with Crippen molar-refractivity contribution in [3.8, 4) is 5.75 Å². The molecule has 2 heterocycles. The van der Waals surface area contributed by atoms with E-state index in [4.69, 9.17) is 14.0 Å². The quantitative estimate of drug-likeness (QED) is 0.814. The Hall–Kier alpha value is -1.85. The second-order valence-corrected chi connectivity index (χ2v) is 6.80. The van der Waals surface area contributed by atoms with E-state index in [2.05, 4.69) is 38.7 Å². The minimum Gasteiger partial charge on any atom is -0.489 e. The van der Waals surface area contributed by atoms with E-state index in [-0.39, 0.29) is 18.3 Å². The summed E-state index contributed by atoms with van der Waals surface area (Å²) in [7, 11) is -0.346. The summed E-state index contributed by atoms with van der Waals surface area (Å²) < 4.78 is 18.0. The largest absolute Gasteiger partial charge is 0.494 e. The van der Waals surface area contributed by atoms with Gasteiger partial charge in [0.05, 0.1) is 11.2 Å². The fraction of sp³-hybridized carbons (Fsp3) is 0.389. The van der Waals surface area contributed by atoms with Crippen LogP contribution >= 0.6 is 0 Å². The lowest BCUT2D eigenvalue weighted by atomic mass is 9.78. The first-order valence-electron chi connectivity index (χ1n) is 7.85. The van der Waals surface area contributed by atoms with Gasteiger partial charge in [-0.25, -0.2) is 0 Å². The van der Waals surface area contributed by atoms with Crippen molar-refractivity contribution in [1.82, 2.24) is 4.98 Å². The Labute approximate surface area is 137 Å². The number of pyridine rings is 1. The van der Waals surface area contributed by atoms with Crippen molar-refractivity contribution in [3.05, 3.63) is 54.4 Å². The highest BCUT2D eigenvalue weighted by Gasteiger charge is 2.51. The molecule has 1 fully saturated rings. The van der Waals surface area contributed by atoms with E-state index in [0.29, 0.717) is 6.61 Å². The number of ether oxygens (including phenoxy) is 1. The summed E-state index contributed by atoms with van der Waals surface area (Å²) in [5.41, 5.74) is 1.43. The van der Waals surface area contributed by atoms with Gasteiger partial charge in [-0.15, -0.1) is 0 Å². The van der Waals surface area contributed by atoms with Crippen LogP contribution in [0.15, 0.2) is 48.8 Å². The van der Waals surface area contributed by atoms with Gasteiger partial charge in [-0.05, 0) is 50.9 Å². The smallest absolute Gasteiger partial charge is 0.489 e. The van der Waals surface area contributed by atoms with Crippen LogP contribution in [0.4, 0.5) is 0 Å². The predicted octanol–water partition coefficient (Wildman–Crippen LogP) is 2.96. The molecule has 1 aromatic carbocycles. The monoisotopic (exact) mass is 311 g/mol. The van der Waals surface area contributed by atoms with Crippen molar-refractivity contribution < 1.29 is 14.0 Å². The molecule has 0 N–H and O–H groups in total. The molecule has 1 aromatic heterocycles. The van der Waals surface area contributed by atoms with Gasteiger partial charge in [0.1, 0.15) is 12.4 Å². The number of benzene rings is 1. The third-order valence-corrected chi connectivity index (χ3v) is 4.53. The minimum atomic E-state index is -0.346. The molecule has 4 nitrogen and oxygen atoms in total. The lowest BCUT2D eigenvalue weighted by Crippen LogP contribution is -2.41. The molecule has 0 saturated carbocycles. The highest BCUT2D eigenvalue weighted by Crippen LogP contribution is 2.36. The highest BCUT2D eigenvalue weighted by molar-refractivity contribution is 6.62. The molecule has 23 heavy (non-hydrogen) atoms. The second-order valence-electron chi connectivity index (χ2n) is 6.80. The Balaban J connectivity index is 1.71. The number of hydrogen-bond acceptors (Lipinski definition) is 4. The summed E-state index contributed by atoms with van der Waals surface area (Å²) in [6.07, 6.45) is 3.44. The predicted molar refractivity (Wildman–Crippen MR) is 90.7 cm³/mol. The molecule has 0 spiro atoms. The fourth-order valence-corrected chi connectivity index (χ4v) is 2.41. The summed E-state index contributed by atoms with van der Waals surface area (Å²) in [6.45, 7) is 8.73. The third kappa shape index (κ3) is 3.41. The SMILES string of the molecule is CC1(C)OB(c2cccc(COc3ccncc3)c2)OC1(C)C. The van der Waals surface area contributed by atoms with Crippen LogP contribution in [0.1, 0.15) is 33.3 Å². The first-order chi connectivity index (χ1) is 10.9. The molecular weight excluding hydrogens is 289 g/mol. The summed E-state index contributed by atoms with van der Waals surface area (Å²) in [5, 5.41) is 0. The molecule has 5 heteroatoms. The summed E-state index contributed by atoms with van der Waals surface area (Å²) in [5.74, 6) is 0.807. The maximum atomic E-state index is 6.10. The molecule has 1 aliphatic rings. The molecule has 1 saturated heterocycles. The van der Waals surface area contributed by atoms with Crippen LogP contribution in [0.25, 0.3) is 0 Å². The minimum absolute atomic E-state index is 0.332.